The molecule has 0 unspecified atom stereocenters. The topological polar surface area (TPSA) is 57.7 Å². The minimum Gasteiger partial charge on any atom is -0.340 e. The molecule has 1 amide bonds. The number of rotatable bonds is 4. The summed E-state index contributed by atoms with van der Waals surface area (Å²) in [6, 6.07) is 1.33. The van der Waals surface area contributed by atoms with Gasteiger partial charge in [0.15, 0.2) is 17.5 Å². The summed E-state index contributed by atoms with van der Waals surface area (Å²) in [4.78, 5) is 13.4. The van der Waals surface area contributed by atoms with Crippen molar-refractivity contribution in [1.29, 1.82) is 0 Å². The van der Waals surface area contributed by atoms with Crippen LogP contribution in [0.3, 0.4) is 0 Å². The summed E-state index contributed by atoms with van der Waals surface area (Å²) < 4.78 is 66.7. The van der Waals surface area contributed by atoms with E-state index in [-0.39, 0.29) is 32.1 Å². The van der Waals surface area contributed by atoms with Crippen LogP contribution in [0.4, 0.5) is 13.2 Å². The van der Waals surface area contributed by atoms with Gasteiger partial charge in [0.05, 0.1) is 0 Å². The summed E-state index contributed by atoms with van der Waals surface area (Å²) >= 11 is 0. The average molecular weight is 416 g/mol. The van der Waals surface area contributed by atoms with Crippen molar-refractivity contribution in [1.82, 2.24) is 9.21 Å². The van der Waals surface area contributed by atoms with Crippen LogP contribution in [0.25, 0.3) is 0 Å². The van der Waals surface area contributed by atoms with Gasteiger partial charge in [-0.1, -0.05) is 6.42 Å². The zero-order valence-corrected chi connectivity index (χ0v) is 16.2. The quantitative estimate of drug-likeness (QED) is 0.710. The highest BCUT2D eigenvalue weighted by atomic mass is 32.2. The number of carbonyl (C=O) groups is 1. The Morgan fingerprint density at radius 3 is 2.32 bits per heavy atom. The molecule has 154 valence electrons. The molecule has 3 aliphatic rings. The fourth-order valence-corrected chi connectivity index (χ4v) is 6.48. The van der Waals surface area contributed by atoms with Crippen molar-refractivity contribution in [2.75, 3.05) is 26.2 Å². The van der Waals surface area contributed by atoms with Gasteiger partial charge in [0.1, 0.15) is 4.90 Å². The summed E-state index contributed by atoms with van der Waals surface area (Å²) in [5.41, 5.74) is 0. The Morgan fingerprint density at radius 2 is 1.71 bits per heavy atom. The van der Waals surface area contributed by atoms with Crippen LogP contribution in [0, 0.1) is 35.2 Å². The third kappa shape index (κ3) is 3.43. The summed E-state index contributed by atoms with van der Waals surface area (Å²) in [6.07, 6.45) is 5.32. The van der Waals surface area contributed by atoms with E-state index in [0.29, 0.717) is 24.3 Å². The van der Waals surface area contributed by atoms with E-state index in [9.17, 15) is 26.4 Å². The van der Waals surface area contributed by atoms with Gasteiger partial charge >= 0.3 is 0 Å². The van der Waals surface area contributed by atoms with Gasteiger partial charge in [-0.15, -0.1) is 0 Å². The fraction of sp³-hybridized carbons (Fsp3) is 0.632. The van der Waals surface area contributed by atoms with Gasteiger partial charge in [-0.25, -0.2) is 21.6 Å². The molecule has 5 nitrogen and oxygen atoms in total. The fourth-order valence-electron chi connectivity index (χ4n) is 5.00. The molecule has 2 bridgehead atoms. The minimum absolute atomic E-state index is 0.00320. The Morgan fingerprint density at radius 1 is 1.00 bits per heavy atom. The molecule has 28 heavy (non-hydrogen) atoms. The number of amides is 1. The summed E-state index contributed by atoms with van der Waals surface area (Å²) in [7, 11) is -4.30. The van der Waals surface area contributed by atoms with Crippen molar-refractivity contribution in [3.05, 3.63) is 29.6 Å². The molecule has 0 spiro atoms. The number of hydrogen-bond acceptors (Lipinski definition) is 3. The minimum atomic E-state index is -4.30. The molecule has 3 fully saturated rings. The Kier molecular flexibility index (Phi) is 5.16. The first kappa shape index (κ1) is 19.7. The second kappa shape index (κ2) is 7.33. The number of benzene rings is 1. The van der Waals surface area contributed by atoms with E-state index < -0.39 is 32.4 Å². The lowest BCUT2D eigenvalue weighted by atomic mass is 9.86. The van der Waals surface area contributed by atoms with Crippen LogP contribution in [-0.4, -0.2) is 49.7 Å². The number of fused-ring (bicyclic) bond motifs is 2. The van der Waals surface area contributed by atoms with Crippen molar-refractivity contribution >= 4 is 15.9 Å². The Balaban J connectivity index is 1.38. The zero-order valence-electron chi connectivity index (χ0n) is 15.4. The van der Waals surface area contributed by atoms with Gasteiger partial charge in [-0.05, 0) is 49.1 Å². The Bertz CT molecular complexity index is 885. The smallest absolute Gasteiger partial charge is 0.246 e. The second-order valence-corrected chi connectivity index (χ2v) is 10.0. The Labute approximate surface area is 162 Å². The molecule has 4 rings (SSSR count). The van der Waals surface area contributed by atoms with Crippen molar-refractivity contribution in [2.24, 2.45) is 17.8 Å². The van der Waals surface area contributed by atoms with Gasteiger partial charge in [0.25, 0.3) is 0 Å². The molecule has 0 radical (unpaired) electrons. The van der Waals surface area contributed by atoms with Gasteiger partial charge in [-0.2, -0.15) is 4.31 Å². The molecular formula is C19H23F3N2O3S. The van der Waals surface area contributed by atoms with Crippen LogP contribution in [0.2, 0.25) is 0 Å². The predicted molar refractivity (Wildman–Crippen MR) is 95.2 cm³/mol. The normalized spacial score (nSPS) is 28.1. The first-order valence-electron chi connectivity index (χ1n) is 9.68. The van der Waals surface area contributed by atoms with Crippen molar-refractivity contribution in [2.45, 2.75) is 37.0 Å². The summed E-state index contributed by atoms with van der Waals surface area (Å²) in [5.74, 6) is -3.08. The van der Waals surface area contributed by atoms with Crippen LogP contribution in [-0.2, 0) is 14.8 Å². The van der Waals surface area contributed by atoms with E-state index in [0.717, 1.165) is 22.7 Å². The van der Waals surface area contributed by atoms with Gasteiger partial charge in [0.2, 0.25) is 15.9 Å². The maximum absolute atomic E-state index is 13.9. The van der Waals surface area contributed by atoms with Crippen LogP contribution in [0.1, 0.15) is 32.1 Å². The number of carbonyl (C=O) groups excluding carboxylic acids is 1. The molecule has 1 aliphatic heterocycles. The predicted octanol–water partition coefficient (Wildman–Crippen LogP) is 2.76. The first-order valence-corrected chi connectivity index (χ1v) is 11.1. The van der Waals surface area contributed by atoms with Crippen molar-refractivity contribution in [3.63, 3.8) is 0 Å². The van der Waals surface area contributed by atoms with Gasteiger partial charge < -0.3 is 4.90 Å². The molecule has 3 atom stereocenters. The Hall–Kier alpha value is -1.61. The summed E-state index contributed by atoms with van der Waals surface area (Å²) in [6.45, 7) is 0.431. The lowest BCUT2D eigenvalue weighted by molar-refractivity contribution is -0.133. The van der Waals surface area contributed by atoms with Crippen LogP contribution in [0.15, 0.2) is 17.0 Å². The van der Waals surface area contributed by atoms with E-state index in [4.69, 9.17) is 0 Å². The molecule has 1 saturated heterocycles. The first-order chi connectivity index (χ1) is 13.3. The number of piperazine rings is 1. The SMILES string of the molecule is O=C(C[C@@H]1C[C@H]2CC[C@@H]1C2)N1CCN(S(=O)(=O)c2ccc(F)c(F)c2F)CC1. The van der Waals surface area contributed by atoms with E-state index in [1.165, 1.54) is 19.3 Å². The number of hydrogen-bond donors (Lipinski definition) is 0. The highest BCUT2D eigenvalue weighted by Crippen LogP contribution is 2.49. The number of nitrogens with zero attached hydrogens (tertiary/aromatic N) is 2. The molecule has 1 heterocycles. The largest absolute Gasteiger partial charge is 0.340 e. The molecule has 1 aromatic rings. The highest BCUT2D eigenvalue weighted by Gasteiger charge is 2.41. The zero-order chi connectivity index (χ0) is 20.1. The molecule has 2 saturated carbocycles. The lowest BCUT2D eigenvalue weighted by Crippen LogP contribution is -2.51. The molecular weight excluding hydrogens is 393 g/mol. The third-order valence-electron chi connectivity index (χ3n) is 6.53. The van der Waals surface area contributed by atoms with Crippen LogP contribution >= 0.6 is 0 Å². The maximum Gasteiger partial charge on any atom is 0.246 e. The van der Waals surface area contributed by atoms with Crippen molar-refractivity contribution in [3.8, 4) is 0 Å². The van der Waals surface area contributed by atoms with E-state index >= 15 is 0 Å². The number of sulfonamides is 1. The third-order valence-corrected chi connectivity index (χ3v) is 8.45. The highest BCUT2D eigenvalue weighted by molar-refractivity contribution is 7.89. The van der Waals surface area contributed by atoms with E-state index in [2.05, 4.69) is 0 Å². The van der Waals surface area contributed by atoms with Crippen molar-refractivity contribution < 1.29 is 26.4 Å². The maximum atomic E-state index is 13.9. The van der Waals surface area contributed by atoms with E-state index in [1.807, 2.05) is 0 Å². The monoisotopic (exact) mass is 416 g/mol. The van der Waals surface area contributed by atoms with Gasteiger partial charge in [-0.3, -0.25) is 4.79 Å². The average Bonchev–Trinajstić information content (AvgIpc) is 3.29. The van der Waals surface area contributed by atoms with E-state index in [1.54, 1.807) is 4.90 Å². The second-order valence-electron chi connectivity index (χ2n) is 8.10. The summed E-state index contributed by atoms with van der Waals surface area (Å²) in [5, 5.41) is 0. The van der Waals surface area contributed by atoms with Crippen LogP contribution < -0.4 is 0 Å². The molecule has 9 heteroatoms. The molecule has 1 aromatic carbocycles. The van der Waals surface area contributed by atoms with Crippen LogP contribution in [0.5, 0.6) is 0 Å². The standard InChI is InChI=1S/C19H23F3N2O3S/c20-15-3-4-16(19(22)18(15)21)28(26,27)24-7-5-23(6-8-24)17(25)11-14-10-12-1-2-13(14)9-12/h3-4,12-14H,1-2,5-11H2/t12-,13+,14-/m0/s1. The molecule has 0 aromatic heterocycles. The molecule has 0 N–H and O–H groups in total. The lowest BCUT2D eigenvalue weighted by Gasteiger charge is -2.35. The molecule has 2 aliphatic carbocycles. The number of halogens is 3. The van der Waals surface area contributed by atoms with Gasteiger partial charge in [0, 0.05) is 32.6 Å².